The second-order valence-electron chi connectivity index (χ2n) is 7.58. The fourth-order valence-electron chi connectivity index (χ4n) is 3.13. The standard InChI is InChI=1S/C24H38O2S2/c1-5-9-13-19-17-23(21(25-19)15-11-7-3)27-28-24-18-20(14-10-6-2)26-22(24)16-12-8-4/h17-18H,5-16H2,1-4H3. The first kappa shape index (κ1) is 23.5. The number of rotatable bonds is 15. The van der Waals surface area contributed by atoms with E-state index in [0.717, 1.165) is 37.2 Å². The van der Waals surface area contributed by atoms with Gasteiger partial charge in [0.25, 0.3) is 0 Å². The number of unbranched alkanes of at least 4 members (excludes halogenated alkanes) is 4. The first-order chi connectivity index (χ1) is 13.7. The van der Waals surface area contributed by atoms with E-state index >= 15 is 0 Å². The van der Waals surface area contributed by atoms with Gasteiger partial charge in [0.15, 0.2) is 0 Å². The Labute approximate surface area is 180 Å². The molecule has 0 saturated carbocycles. The maximum absolute atomic E-state index is 6.20. The summed E-state index contributed by atoms with van der Waals surface area (Å²) in [4.78, 5) is 2.62. The third kappa shape index (κ3) is 7.59. The molecule has 0 amide bonds. The van der Waals surface area contributed by atoms with Crippen LogP contribution < -0.4 is 0 Å². The van der Waals surface area contributed by atoms with Crippen LogP contribution in [0.2, 0.25) is 0 Å². The molecule has 0 aliphatic rings. The summed E-state index contributed by atoms with van der Waals surface area (Å²) in [5.41, 5.74) is 0. The van der Waals surface area contributed by atoms with Crippen LogP contribution >= 0.6 is 21.6 Å². The van der Waals surface area contributed by atoms with Crippen molar-refractivity contribution in [2.75, 3.05) is 0 Å². The molecule has 0 spiro atoms. The zero-order valence-corrected chi connectivity index (χ0v) is 19.9. The van der Waals surface area contributed by atoms with Crippen molar-refractivity contribution in [2.45, 2.75) is 115 Å². The maximum Gasteiger partial charge on any atom is 0.118 e. The molecule has 2 rings (SSSR count). The van der Waals surface area contributed by atoms with Gasteiger partial charge in [0, 0.05) is 25.7 Å². The lowest BCUT2D eigenvalue weighted by atomic mass is 10.2. The van der Waals surface area contributed by atoms with E-state index in [0.29, 0.717) is 0 Å². The van der Waals surface area contributed by atoms with Crippen LogP contribution in [0.5, 0.6) is 0 Å². The summed E-state index contributed by atoms with van der Waals surface area (Å²) in [6.07, 6.45) is 13.8. The molecule has 2 nitrogen and oxygen atoms in total. The Balaban J connectivity index is 2.09. The predicted molar refractivity (Wildman–Crippen MR) is 124 cm³/mol. The SMILES string of the molecule is CCCCc1cc(SSc2cc(CCCC)oc2CCCC)c(CCCC)o1. The first-order valence-electron chi connectivity index (χ1n) is 11.3. The van der Waals surface area contributed by atoms with Crippen LogP contribution in [0.1, 0.15) is 102 Å². The predicted octanol–water partition coefficient (Wildman–Crippen LogP) is 9.04. The van der Waals surface area contributed by atoms with E-state index in [-0.39, 0.29) is 0 Å². The molecule has 158 valence electrons. The van der Waals surface area contributed by atoms with E-state index in [2.05, 4.69) is 39.8 Å². The van der Waals surface area contributed by atoms with Gasteiger partial charge in [-0.05, 0) is 59.4 Å². The van der Waals surface area contributed by atoms with Gasteiger partial charge in [-0.15, -0.1) is 0 Å². The Morgan fingerprint density at radius 3 is 1.29 bits per heavy atom. The van der Waals surface area contributed by atoms with E-state index in [1.165, 1.54) is 72.7 Å². The van der Waals surface area contributed by atoms with Gasteiger partial charge >= 0.3 is 0 Å². The van der Waals surface area contributed by atoms with Gasteiger partial charge < -0.3 is 8.83 Å². The van der Waals surface area contributed by atoms with Crippen molar-refractivity contribution in [3.8, 4) is 0 Å². The molecule has 0 aliphatic heterocycles. The Morgan fingerprint density at radius 2 is 0.929 bits per heavy atom. The van der Waals surface area contributed by atoms with E-state index in [4.69, 9.17) is 8.83 Å². The van der Waals surface area contributed by atoms with Crippen LogP contribution in [0.15, 0.2) is 30.8 Å². The van der Waals surface area contributed by atoms with Gasteiger partial charge in [-0.2, -0.15) is 0 Å². The minimum atomic E-state index is 1.04. The Hall–Kier alpha value is -0.740. The molecule has 0 N–H and O–H groups in total. The Morgan fingerprint density at radius 1 is 0.571 bits per heavy atom. The molecule has 2 aromatic rings. The van der Waals surface area contributed by atoms with Crippen LogP contribution in [-0.4, -0.2) is 0 Å². The second-order valence-corrected chi connectivity index (χ2v) is 9.79. The lowest BCUT2D eigenvalue weighted by Crippen LogP contribution is -1.84. The second kappa shape index (κ2) is 13.5. The Kier molecular flexibility index (Phi) is 11.3. The minimum absolute atomic E-state index is 1.04. The van der Waals surface area contributed by atoms with Crippen LogP contribution in [0.4, 0.5) is 0 Å². The van der Waals surface area contributed by atoms with Crippen LogP contribution in [0, 0.1) is 0 Å². The number of furan rings is 2. The minimum Gasteiger partial charge on any atom is -0.465 e. The molecule has 0 aliphatic carbocycles. The fourth-order valence-corrected chi connectivity index (χ4v) is 5.53. The number of hydrogen-bond acceptors (Lipinski definition) is 4. The molecule has 2 aromatic heterocycles. The van der Waals surface area contributed by atoms with Crippen molar-refractivity contribution in [1.82, 2.24) is 0 Å². The first-order valence-corrected chi connectivity index (χ1v) is 13.4. The third-order valence-electron chi connectivity index (χ3n) is 4.93. The maximum atomic E-state index is 6.20. The quantitative estimate of drug-likeness (QED) is 0.267. The average molecular weight is 423 g/mol. The van der Waals surface area contributed by atoms with Gasteiger partial charge in [-0.1, -0.05) is 53.4 Å². The highest BCUT2D eigenvalue weighted by atomic mass is 33.1. The molecule has 0 bridgehead atoms. The van der Waals surface area contributed by atoms with Crippen molar-refractivity contribution in [2.24, 2.45) is 0 Å². The summed E-state index contributed by atoms with van der Waals surface area (Å²) in [7, 11) is 3.71. The molecule has 0 saturated heterocycles. The average Bonchev–Trinajstić information content (AvgIpc) is 3.29. The Bertz CT molecular complexity index is 614. The van der Waals surface area contributed by atoms with Crippen molar-refractivity contribution in [3.63, 3.8) is 0 Å². The van der Waals surface area contributed by atoms with E-state index in [1.54, 1.807) is 0 Å². The van der Waals surface area contributed by atoms with Gasteiger partial charge in [0.05, 0.1) is 9.79 Å². The highest BCUT2D eigenvalue weighted by molar-refractivity contribution is 8.76. The smallest absolute Gasteiger partial charge is 0.118 e. The highest BCUT2D eigenvalue weighted by Crippen LogP contribution is 2.43. The van der Waals surface area contributed by atoms with Crippen molar-refractivity contribution >= 4 is 21.6 Å². The molecular weight excluding hydrogens is 384 g/mol. The van der Waals surface area contributed by atoms with Crippen LogP contribution in [0.3, 0.4) is 0 Å². The summed E-state index contributed by atoms with van der Waals surface area (Å²) in [5, 5.41) is 0. The zero-order chi connectivity index (χ0) is 20.2. The van der Waals surface area contributed by atoms with Crippen molar-refractivity contribution < 1.29 is 8.83 Å². The van der Waals surface area contributed by atoms with Crippen molar-refractivity contribution in [1.29, 1.82) is 0 Å². The van der Waals surface area contributed by atoms with E-state index < -0.39 is 0 Å². The van der Waals surface area contributed by atoms with Gasteiger partial charge in [0.2, 0.25) is 0 Å². The van der Waals surface area contributed by atoms with Gasteiger partial charge in [0.1, 0.15) is 23.0 Å². The van der Waals surface area contributed by atoms with Crippen LogP contribution in [-0.2, 0) is 25.7 Å². The molecule has 0 fully saturated rings. The summed E-state index contributed by atoms with van der Waals surface area (Å²) in [5.74, 6) is 4.65. The summed E-state index contributed by atoms with van der Waals surface area (Å²) < 4.78 is 12.4. The van der Waals surface area contributed by atoms with Gasteiger partial charge in [-0.25, -0.2) is 0 Å². The van der Waals surface area contributed by atoms with E-state index in [1.807, 2.05) is 21.6 Å². The van der Waals surface area contributed by atoms with Crippen LogP contribution in [0.25, 0.3) is 0 Å². The number of hydrogen-bond donors (Lipinski definition) is 0. The molecule has 0 atom stereocenters. The monoisotopic (exact) mass is 422 g/mol. The third-order valence-corrected chi connectivity index (χ3v) is 7.39. The lowest BCUT2D eigenvalue weighted by Gasteiger charge is -2.02. The molecule has 0 aromatic carbocycles. The summed E-state index contributed by atoms with van der Waals surface area (Å²) >= 11 is 0. The molecule has 4 heteroatoms. The highest BCUT2D eigenvalue weighted by Gasteiger charge is 2.16. The largest absolute Gasteiger partial charge is 0.465 e. The number of aryl methyl sites for hydroxylation is 4. The zero-order valence-electron chi connectivity index (χ0n) is 18.3. The normalized spacial score (nSPS) is 11.4. The molecule has 0 unspecified atom stereocenters. The fraction of sp³-hybridized carbons (Fsp3) is 0.667. The lowest BCUT2D eigenvalue weighted by molar-refractivity contribution is 0.447. The summed E-state index contributed by atoms with van der Waals surface area (Å²) in [6.45, 7) is 8.95. The van der Waals surface area contributed by atoms with E-state index in [9.17, 15) is 0 Å². The topological polar surface area (TPSA) is 26.3 Å². The molecular formula is C24H38O2S2. The molecule has 0 radical (unpaired) electrons. The summed E-state index contributed by atoms with van der Waals surface area (Å²) in [6, 6.07) is 4.56. The molecule has 2 heterocycles. The van der Waals surface area contributed by atoms with Gasteiger partial charge in [-0.3, -0.25) is 0 Å². The molecule has 28 heavy (non-hydrogen) atoms. The van der Waals surface area contributed by atoms with Crippen molar-refractivity contribution in [3.05, 3.63) is 35.2 Å².